The highest BCUT2D eigenvalue weighted by atomic mass is 127. The lowest BCUT2D eigenvalue weighted by Gasteiger charge is -1.64. The van der Waals surface area contributed by atoms with Crippen LogP contribution in [0.1, 0.15) is 0 Å². The van der Waals surface area contributed by atoms with Crippen LogP contribution in [0, 0.1) is 0 Å². The summed E-state index contributed by atoms with van der Waals surface area (Å²) in [6, 6.07) is 0. The van der Waals surface area contributed by atoms with Gasteiger partial charge in [-0.25, -0.2) is 0 Å². The Hall–Kier alpha value is 1.38. The van der Waals surface area contributed by atoms with Gasteiger partial charge in [0.2, 0.25) is 0 Å². The molecule has 0 aromatic carbocycles. The van der Waals surface area contributed by atoms with E-state index in [9.17, 15) is 0 Å². The van der Waals surface area contributed by atoms with E-state index in [0.717, 1.165) is 0 Å². The van der Waals surface area contributed by atoms with Crippen molar-refractivity contribution < 1.29 is 0 Å². The Morgan fingerprint density at radius 2 is 2.00 bits per heavy atom. The van der Waals surface area contributed by atoms with Crippen molar-refractivity contribution in [2.75, 3.05) is 0 Å². The summed E-state index contributed by atoms with van der Waals surface area (Å²) >= 11 is 6.14. The summed E-state index contributed by atoms with van der Waals surface area (Å²) in [6.45, 7) is 0. The number of hydrogen-bond donors (Lipinski definition) is 1. The van der Waals surface area contributed by atoms with Gasteiger partial charge in [0, 0.05) is 0 Å². The van der Waals surface area contributed by atoms with Gasteiger partial charge in [-0.05, 0) is 26.4 Å². The second kappa shape index (κ2) is 2.61. The van der Waals surface area contributed by atoms with Crippen LogP contribution in [0.25, 0.3) is 0 Å². The SMILES string of the molecule is C=[PH](S)I. The van der Waals surface area contributed by atoms with Crippen molar-refractivity contribution in [1.29, 1.82) is 0 Å². The van der Waals surface area contributed by atoms with Crippen molar-refractivity contribution in [3.05, 3.63) is 0 Å². The molecule has 0 N–H and O–H groups in total. The molecule has 0 aromatic heterocycles. The Bertz CT molecular complexity index is 31.0. The molecule has 0 fully saturated rings. The maximum Gasteiger partial charge on any atom is -0.0186 e. The molecule has 0 bridgehead atoms. The molecule has 0 aliphatic rings. The van der Waals surface area contributed by atoms with Gasteiger partial charge in [0.25, 0.3) is 0 Å². The van der Waals surface area contributed by atoms with Crippen LogP contribution in [0.3, 0.4) is 0 Å². The molecule has 0 heterocycles. The minimum atomic E-state index is -0.465. The van der Waals surface area contributed by atoms with Crippen LogP contribution in [0.5, 0.6) is 0 Å². The van der Waals surface area contributed by atoms with E-state index in [1.165, 1.54) is 0 Å². The van der Waals surface area contributed by atoms with E-state index in [1.807, 2.05) is 0 Å². The van der Waals surface area contributed by atoms with E-state index >= 15 is 0 Å². The van der Waals surface area contributed by atoms with Crippen molar-refractivity contribution in [2.24, 2.45) is 0 Å². The molecule has 0 saturated carbocycles. The molecule has 0 saturated heterocycles. The Balaban J connectivity index is 2.80. The molecule has 1 unspecified atom stereocenters. The van der Waals surface area contributed by atoms with Gasteiger partial charge in [-0.3, -0.25) is 0 Å². The number of halogens is 1. The van der Waals surface area contributed by atoms with Crippen LogP contribution in [0.15, 0.2) is 0 Å². The van der Waals surface area contributed by atoms with Gasteiger partial charge in [0.05, 0.1) is 0 Å². The maximum atomic E-state index is 3.94. The van der Waals surface area contributed by atoms with E-state index in [1.54, 1.807) is 0 Å². The average Bonchev–Trinajstić information content (AvgIpc) is 0.811. The second-order valence-corrected chi connectivity index (χ2v) is 9.21. The topological polar surface area (TPSA) is 0 Å². The van der Waals surface area contributed by atoms with E-state index < -0.39 is 4.39 Å². The van der Waals surface area contributed by atoms with Crippen molar-refractivity contribution in [3.8, 4) is 0 Å². The van der Waals surface area contributed by atoms with Crippen molar-refractivity contribution in [1.82, 2.24) is 0 Å². The van der Waals surface area contributed by atoms with Crippen LogP contribution in [-0.2, 0) is 0 Å². The summed E-state index contributed by atoms with van der Waals surface area (Å²) in [5.41, 5.74) is 0. The summed E-state index contributed by atoms with van der Waals surface area (Å²) in [7, 11) is 0. The molecule has 0 radical (unpaired) electrons. The molecule has 1 atom stereocenters. The fourth-order valence-corrected chi connectivity index (χ4v) is 0. The Kier molecular flexibility index (Phi) is 3.51. The van der Waals surface area contributed by atoms with Crippen LogP contribution in [0.4, 0.5) is 0 Å². The number of thiol groups is 1. The molecule has 0 spiro atoms. The summed E-state index contributed by atoms with van der Waals surface area (Å²) in [4.78, 5) is 0. The first kappa shape index (κ1) is 5.38. The molecule has 26 valence electrons. The van der Waals surface area contributed by atoms with Crippen LogP contribution >= 0.6 is 38.7 Å². The lowest BCUT2D eigenvalue weighted by atomic mass is 12.0. The van der Waals surface area contributed by atoms with Gasteiger partial charge in [0.1, 0.15) is 0 Å². The zero-order chi connectivity index (χ0) is 3.58. The third-order valence-electron chi connectivity index (χ3n) is 0. The molecule has 4 heavy (non-hydrogen) atoms. The highest BCUT2D eigenvalue weighted by Crippen LogP contribution is 2.34. The molecular weight excluding hydrogens is 202 g/mol. The van der Waals surface area contributed by atoms with Crippen molar-refractivity contribution in [3.63, 3.8) is 0 Å². The first-order chi connectivity index (χ1) is 1.73. The summed E-state index contributed by atoms with van der Waals surface area (Å²) < 4.78 is -0.465. The predicted molar refractivity (Wildman–Crippen MR) is 38.4 cm³/mol. The minimum absolute atomic E-state index is 0.465. The average molecular weight is 206 g/mol. The number of hydrogen-bond acceptors (Lipinski definition) is 1. The molecular formula is CH4IPS. The number of rotatable bonds is 0. The first-order valence-electron chi connectivity index (χ1n) is 0.766. The molecule has 0 aliphatic carbocycles. The van der Waals surface area contributed by atoms with Gasteiger partial charge < -0.3 is 0 Å². The second-order valence-electron chi connectivity index (χ2n) is 0.376. The highest BCUT2D eigenvalue weighted by Gasteiger charge is 1.53. The van der Waals surface area contributed by atoms with Gasteiger partial charge in [-0.2, -0.15) is 0 Å². The molecule has 3 heteroatoms. The fourth-order valence-electron chi connectivity index (χ4n) is 0. The third kappa shape index (κ3) is 10.1. The summed E-state index contributed by atoms with van der Waals surface area (Å²) in [5, 5.41) is 0. The lowest BCUT2D eigenvalue weighted by Crippen LogP contribution is -0.987. The predicted octanol–water partition coefficient (Wildman–Crippen LogP) is 1.83. The van der Waals surface area contributed by atoms with Crippen molar-refractivity contribution in [2.45, 2.75) is 0 Å². The van der Waals surface area contributed by atoms with E-state index in [2.05, 4.69) is 40.6 Å². The van der Waals surface area contributed by atoms with Gasteiger partial charge in [-0.15, -0.1) is 12.2 Å². The first-order valence-corrected chi connectivity index (χ1v) is 6.88. The maximum absolute atomic E-state index is 3.94. The quantitative estimate of drug-likeness (QED) is 0.349. The van der Waals surface area contributed by atoms with Crippen LogP contribution < -0.4 is 0 Å². The van der Waals surface area contributed by atoms with Crippen molar-refractivity contribution >= 4 is 45.0 Å². The zero-order valence-electron chi connectivity index (χ0n) is 2.03. The molecule has 0 aromatic rings. The van der Waals surface area contributed by atoms with Crippen LogP contribution in [0.2, 0.25) is 0 Å². The van der Waals surface area contributed by atoms with E-state index in [4.69, 9.17) is 0 Å². The molecule has 0 aliphatic heterocycles. The Morgan fingerprint density at radius 1 is 2.00 bits per heavy atom. The highest BCUT2D eigenvalue weighted by molar-refractivity contribution is 14.2. The van der Waals surface area contributed by atoms with Gasteiger partial charge in [-0.1, -0.05) is 6.30 Å². The molecule has 0 rings (SSSR count). The molecule has 0 nitrogen and oxygen atoms in total. The van der Waals surface area contributed by atoms with Gasteiger partial charge in [0.15, 0.2) is 0 Å². The molecule has 0 amide bonds. The smallest absolute Gasteiger partial charge is 0.0186 e. The Morgan fingerprint density at radius 3 is 2.00 bits per heavy atom. The monoisotopic (exact) mass is 206 g/mol. The largest absolute Gasteiger partial charge is 0.145 e. The minimum Gasteiger partial charge on any atom is -0.145 e. The fraction of sp³-hybridized carbons (Fsp3) is 0. The summed E-state index contributed by atoms with van der Waals surface area (Å²) in [5.74, 6) is 0. The lowest BCUT2D eigenvalue weighted by molar-refractivity contribution is 4.72. The van der Waals surface area contributed by atoms with E-state index in [-0.39, 0.29) is 0 Å². The Labute approximate surface area is 45.0 Å². The normalized spacial score (nSPS) is 15.5. The van der Waals surface area contributed by atoms with Crippen LogP contribution in [-0.4, -0.2) is 6.30 Å². The summed E-state index contributed by atoms with van der Waals surface area (Å²) in [6.07, 6.45) is 3.59. The zero-order valence-corrected chi connectivity index (χ0v) is 6.08. The standard InChI is InChI=1S/CH4IPS/c1-3(2)4/h3-4H,1H2. The van der Waals surface area contributed by atoms with E-state index in [0.29, 0.717) is 0 Å². The third-order valence-corrected chi connectivity index (χ3v) is 0. The van der Waals surface area contributed by atoms with Gasteiger partial charge >= 0.3 is 0 Å².